The van der Waals surface area contributed by atoms with Gasteiger partial charge in [0.05, 0.1) is 12.1 Å². The molecule has 1 aromatic heterocycles. The summed E-state index contributed by atoms with van der Waals surface area (Å²) in [7, 11) is 0. The van der Waals surface area contributed by atoms with E-state index in [9.17, 15) is 5.11 Å². The van der Waals surface area contributed by atoms with Crippen LogP contribution in [0, 0.1) is 6.92 Å². The fourth-order valence-electron chi connectivity index (χ4n) is 2.52. The van der Waals surface area contributed by atoms with Crippen molar-refractivity contribution in [2.75, 3.05) is 13.1 Å². The maximum absolute atomic E-state index is 9.96. The molecule has 0 spiro atoms. The molecule has 0 atom stereocenters. The van der Waals surface area contributed by atoms with Crippen LogP contribution in [-0.4, -0.2) is 38.8 Å². The third kappa shape index (κ3) is 3.49. The number of aliphatic hydroxyl groups is 1. The molecule has 3 rings (SSSR count). The van der Waals surface area contributed by atoms with Crippen LogP contribution >= 0.6 is 0 Å². The average Bonchev–Trinajstić information content (AvgIpc) is 2.91. The lowest BCUT2D eigenvalue weighted by atomic mass is 9.94. The van der Waals surface area contributed by atoms with E-state index in [4.69, 9.17) is 4.52 Å². The van der Waals surface area contributed by atoms with Crippen molar-refractivity contribution in [3.8, 4) is 11.4 Å². The van der Waals surface area contributed by atoms with Gasteiger partial charge in [0.25, 0.3) is 0 Å². The largest absolute Gasteiger partial charge is 0.390 e. The number of hydrogen-bond donors (Lipinski definition) is 1. The second-order valence-corrected chi connectivity index (χ2v) is 6.15. The van der Waals surface area contributed by atoms with Gasteiger partial charge in [-0.05, 0) is 26.7 Å². The number of aromatic nitrogens is 2. The minimum atomic E-state index is -0.529. The van der Waals surface area contributed by atoms with Crippen molar-refractivity contribution < 1.29 is 9.63 Å². The van der Waals surface area contributed by atoms with Crippen molar-refractivity contribution >= 4 is 0 Å². The summed E-state index contributed by atoms with van der Waals surface area (Å²) < 4.78 is 5.34. The van der Waals surface area contributed by atoms with Gasteiger partial charge < -0.3 is 9.63 Å². The fraction of sp³-hybridized carbons (Fsp3) is 0.500. The summed E-state index contributed by atoms with van der Waals surface area (Å²) >= 11 is 0. The normalized spacial score (nSPS) is 18.8. The Morgan fingerprint density at radius 2 is 1.90 bits per heavy atom. The summed E-state index contributed by atoms with van der Waals surface area (Å²) in [6.45, 7) is 6.31. The zero-order valence-electron chi connectivity index (χ0n) is 12.5. The van der Waals surface area contributed by atoms with Crippen molar-refractivity contribution in [2.24, 2.45) is 0 Å². The first-order valence-corrected chi connectivity index (χ1v) is 7.36. The lowest BCUT2D eigenvalue weighted by Crippen LogP contribution is -2.42. The summed E-state index contributed by atoms with van der Waals surface area (Å²) in [4.78, 5) is 6.70. The van der Waals surface area contributed by atoms with Gasteiger partial charge in [0.15, 0.2) is 0 Å². The van der Waals surface area contributed by atoms with Gasteiger partial charge in [-0.25, -0.2) is 0 Å². The second kappa shape index (κ2) is 5.58. The van der Waals surface area contributed by atoms with Crippen molar-refractivity contribution in [2.45, 2.75) is 38.8 Å². The number of hydrogen-bond acceptors (Lipinski definition) is 5. The molecule has 1 aromatic carbocycles. The third-order valence-corrected chi connectivity index (χ3v) is 4.07. The molecule has 1 aliphatic rings. The molecular weight excluding hydrogens is 266 g/mol. The predicted molar refractivity (Wildman–Crippen MR) is 79.6 cm³/mol. The van der Waals surface area contributed by atoms with E-state index in [-0.39, 0.29) is 0 Å². The molecule has 0 bridgehead atoms. The predicted octanol–water partition coefficient (Wildman–Crippen LogP) is 2.39. The standard InChI is InChI=1S/C16H21N3O2/c1-12-3-5-13(6-4-12)15-17-14(21-18-15)11-19-9-7-16(2,20)8-10-19/h3-6,20H,7-11H2,1-2H3. The molecule has 1 saturated heterocycles. The van der Waals surface area contributed by atoms with E-state index in [1.54, 1.807) is 0 Å². The van der Waals surface area contributed by atoms with Crippen molar-refractivity contribution in [3.05, 3.63) is 35.7 Å². The molecule has 21 heavy (non-hydrogen) atoms. The molecule has 2 aromatic rings. The molecule has 0 aliphatic carbocycles. The molecule has 2 heterocycles. The molecule has 112 valence electrons. The molecular formula is C16H21N3O2. The minimum absolute atomic E-state index is 0.529. The minimum Gasteiger partial charge on any atom is -0.390 e. The Balaban J connectivity index is 1.64. The van der Waals surface area contributed by atoms with Crippen LogP contribution in [0.25, 0.3) is 11.4 Å². The van der Waals surface area contributed by atoms with E-state index >= 15 is 0 Å². The summed E-state index contributed by atoms with van der Waals surface area (Å²) in [5.74, 6) is 1.26. The zero-order chi connectivity index (χ0) is 14.9. The number of piperidine rings is 1. The molecule has 0 amide bonds. The van der Waals surface area contributed by atoms with E-state index in [1.165, 1.54) is 5.56 Å². The maximum atomic E-state index is 9.96. The lowest BCUT2D eigenvalue weighted by Gasteiger charge is -2.34. The van der Waals surface area contributed by atoms with E-state index in [1.807, 2.05) is 31.2 Å². The third-order valence-electron chi connectivity index (χ3n) is 4.07. The van der Waals surface area contributed by atoms with Gasteiger partial charge >= 0.3 is 0 Å². The Hall–Kier alpha value is -1.72. The number of nitrogens with zero attached hydrogens (tertiary/aromatic N) is 3. The fourth-order valence-corrected chi connectivity index (χ4v) is 2.52. The van der Waals surface area contributed by atoms with Gasteiger partial charge in [-0.3, -0.25) is 4.90 Å². The van der Waals surface area contributed by atoms with Crippen LogP contribution in [0.2, 0.25) is 0 Å². The molecule has 1 fully saturated rings. The van der Waals surface area contributed by atoms with Crippen LogP contribution in [0.4, 0.5) is 0 Å². The number of rotatable bonds is 3. The molecule has 0 saturated carbocycles. The van der Waals surface area contributed by atoms with Gasteiger partial charge in [-0.2, -0.15) is 4.98 Å². The summed E-state index contributed by atoms with van der Waals surface area (Å²) in [6.07, 6.45) is 1.57. The van der Waals surface area contributed by atoms with Gasteiger partial charge in [0.1, 0.15) is 0 Å². The van der Waals surface area contributed by atoms with Gasteiger partial charge in [0, 0.05) is 18.7 Å². The quantitative estimate of drug-likeness (QED) is 0.939. The number of benzene rings is 1. The Bertz CT molecular complexity index is 594. The van der Waals surface area contributed by atoms with Crippen LogP contribution in [-0.2, 0) is 6.54 Å². The molecule has 1 N–H and O–H groups in total. The van der Waals surface area contributed by atoms with Gasteiger partial charge in [0.2, 0.25) is 11.7 Å². The number of likely N-dealkylation sites (tertiary alicyclic amines) is 1. The zero-order valence-corrected chi connectivity index (χ0v) is 12.5. The Labute approximate surface area is 124 Å². The second-order valence-electron chi connectivity index (χ2n) is 6.15. The van der Waals surface area contributed by atoms with Crippen LogP contribution in [0.5, 0.6) is 0 Å². The van der Waals surface area contributed by atoms with Crippen molar-refractivity contribution in [1.29, 1.82) is 0 Å². The topological polar surface area (TPSA) is 62.4 Å². The van der Waals surface area contributed by atoms with Crippen molar-refractivity contribution in [1.82, 2.24) is 15.0 Å². The van der Waals surface area contributed by atoms with Crippen LogP contribution in [0.15, 0.2) is 28.8 Å². The Morgan fingerprint density at radius 1 is 1.24 bits per heavy atom. The highest BCUT2D eigenvalue weighted by atomic mass is 16.5. The Morgan fingerprint density at radius 3 is 2.57 bits per heavy atom. The monoisotopic (exact) mass is 287 g/mol. The Kier molecular flexibility index (Phi) is 3.78. The molecule has 1 aliphatic heterocycles. The highest BCUT2D eigenvalue weighted by molar-refractivity contribution is 5.54. The van der Waals surface area contributed by atoms with E-state index in [2.05, 4.69) is 22.0 Å². The van der Waals surface area contributed by atoms with Crippen molar-refractivity contribution in [3.63, 3.8) is 0 Å². The molecule has 5 heteroatoms. The molecule has 0 radical (unpaired) electrons. The van der Waals surface area contributed by atoms with E-state index < -0.39 is 5.60 Å². The first-order valence-electron chi connectivity index (χ1n) is 7.36. The smallest absolute Gasteiger partial charge is 0.241 e. The summed E-state index contributed by atoms with van der Waals surface area (Å²) in [6, 6.07) is 8.08. The highest BCUT2D eigenvalue weighted by Gasteiger charge is 2.28. The summed E-state index contributed by atoms with van der Waals surface area (Å²) in [5.41, 5.74) is 1.65. The first kappa shape index (κ1) is 14.2. The van der Waals surface area contributed by atoms with Crippen LogP contribution < -0.4 is 0 Å². The van der Waals surface area contributed by atoms with Gasteiger partial charge in [-0.15, -0.1) is 0 Å². The van der Waals surface area contributed by atoms with Gasteiger partial charge in [-0.1, -0.05) is 35.0 Å². The number of aryl methyl sites for hydroxylation is 1. The maximum Gasteiger partial charge on any atom is 0.241 e. The highest BCUT2D eigenvalue weighted by Crippen LogP contribution is 2.23. The first-order chi connectivity index (χ1) is 10.0. The lowest BCUT2D eigenvalue weighted by molar-refractivity contribution is -0.00944. The SMILES string of the molecule is Cc1ccc(-c2noc(CN3CCC(C)(O)CC3)n2)cc1. The molecule has 0 unspecified atom stereocenters. The van der Waals surface area contributed by atoms with E-state index in [0.29, 0.717) is 18.3 Å². The molecule has 5 nitrogen and oxygen atoms in total. The van der Waals surface area contributed by atoms with E-state index in [0.717, 1.165) is 31.5 Å². The van der Waals surface area contributed by atoms with Crippen LogP contribution in [0.3, 0.4) is 0 Å². The van der Waals surface area contributed by atoms with Crippen LogP contribution in [0.1, 0.15) is 31.2 Å². The summed E-state index contributed by atoms with van der Waals surface area (Å²) in [5, 5.41) is 14.0. The average molecular weight is 287 g/mol.